The van der Waals surface area contributed by atoms with Crippen molar-refractivity contribution in [1.29, 1.82) is 0 Å². The van der Waals surface area contributed by atoms with E-state index in [4.69, 9.17) is 9.47 Å². The van der Waals surface area contributed by atoms with Crippen LogP contribution in [0.15, 0.2) is 18.2 Å². The van der Waals surface area contributed by atoms with Gasteiger partial charge in [-0.1, -0.05) is 39.5 Å². The number of aromatic hydroxyl groups is 1. The van der Waals surface area contributed by atoms with Gasteiger partial charge in [-0.3, -0.25) is 0 Å². The molecule has 0 heterocycles. The number of ether oxygens (including phenoxy) is 2. The van der Waals surface area contributed by atoms with Crippen molar-refractivity contribution in [3.05, 3.63) is 29.3 Å². The van der Waals surface area contributed by atoms with E-state index < -0.39 is 11.9 Å². The van der Waals surface area contributed by atoms with Crippen molar-refractivity contribution in [3.63, 3.8) is 0 Å². The topological polar surface area (TPSA) is 72.8 Å². The Morgan fingerprint density at radius 1 is 0.913 bits per heavy atom. The van der Waals surface area contributed by atoms with Gasteiger partial charge in [0.1, 0.15) is 11.3 Å². The van der Waals surface area contributed by atoms with Crippen LogP contribution in [0.4, 0.5) is 0 Å². The molecule has 1 aromatic carbocycles. The number of phenols is 1. The highest BCUT2D eigenvalue weighted by Gasteiger charge is 2.16. The Morgan fingerprint density at radius 2 is 1.48 bits per heavy atom. The molecule has 0 bridgehead atoms. The molecule has 0 spiro atoms. The predicted molar refractivity (Wildman–Crippen MR) is 87.7 cm³/mol. The summed E-state index contributed by atoms with van der Waals surface area (Å²) in [6.45, 7) is 4.82. The molecule has 5 heteroatoms. The molecule has 0 saturated heterocycles. The Balaban J connectivity index is 2.56. The molecule has 5 nitrogen and oxygen atoms in total. The van der Waals surface area contributed by atoms with E-state index in [-0.39, 0.29) is 16.9 Å². The number of unbranched alkanes of at least 4 members (excludes halogenated alkanes) is 4. The second kappa shape index (κ2) is 10.6. The molecule has 0 atom stereocenters. The molecule has 0 aliphatic heterocycles. The summed E-state index contributed by atoms with van der Waals surface area (Å²) in [6, 6.07) is 4.09. The molecule has 0 aliphatic rings. The smallest absolute Gasteiger partial charge is 0.341 e. The Kier molecular flexibility index (Phi) is 8.80. The first-order chi connectivity index (χ1) is 11.1. The fourth-order valence-electron chi connectivity index (χ4n) is 2.03. The highest BCUT2D eigenvalue weighted by atomic mass is 16.5. The molecule has 0 aromatic heterocycles. The molecule has 23 heavy (non-hydrogen) atoms. The first-order valence-corrected chi connectivity index (χ1v) is 8.27. The third kappa shape index (κ3) is 6.72. The van der Waals surface area contributed by atoms with Gasteiger partial charge in [0, 0.05) is 0 Å². The van der Waals surface area contributed by atoms with E-state index in [1.165, 1.54) is 18.2 Å². The Hall–Kier alpha value is -2.04. The van der Waals surface area contributed by atoms with Crippen LogP contribution in [0.25, 0.3) is 0 Å². The maximum Gasteiger partial charge on any atom is 0.341 e. The van der Waals surface area contributed by atoms with Crippen LogP contribution in [0, 0.1) is 0 Å². The summed E-state index contributed by atoms with van der Waals surface area (Å²) < 4.78 is 10.2. The zero-order valence-electron chi connectivity index (χ0n) is 14.0. The van der Waals surface area contributed by atoms with Crippen molar-refractivity contribution in [1.82, 2.24) is 0 Å². The van der Waals surface area contributed by atoms with Gasteiger partial charge in [0.25, 0.3) is 0 Å². The molecule has 0 fully saturated rings. The summed E-state index contributed by atoms with van der Waals surface area (Å²) in [5.41, 5.74) is 0.283. The molecule has 128 valence electrons. The van der Waals surface area contributed by atoms with Gasteiger partial charge in [0.15, 0.2) is 0 Å². The Morgan fingerprint density at radius 3 is 2.00 bits per heavy atom. The van der Waals surface area contributed by atoms with Crippen LogP contribution < -0.4 is 0 Å². The summed E-state index contributed by atoms with van der Waals surface area (Å²) in [5.74, 6) is -1.35. The first kappa shape index (κ1) is 19.0. The highest BCUT2D eigenvalue weighted by molar-refractivity contribution is 5.95. The van der Waals surface area contributed by atoms with Crippen LogP contribution in [0.2, 0.25) is 0 Å². The van der Waals surface area contributed by atoms with Gasteiger partial charge >= 0.3 is 11.9 Å². The standard InChI is InChI=1S/C18H26O5/c1-3-5-7-11-22-17(20)14-9-10-15(16(19)13-14)18(21)23-12-8-6-4-2/h9-10,13,19H,3-8,11-12H2,1-2H3. The number of hydrogen-bond acceptors (Lipinski definition) is 5. The van der Waals surface area contributed by atoms with Crippen LogP contribution in [0.1, 0.15) is 73.1 Å². The fraction of sp³-hybridized carbons (Fsp3) is 0.556. The normalized spacial score (nSPS) is 10.3. The van der Waals surface area contributed by atoms with E-state index in [1.807, 2.05) is 0 Å². The third-order valence-corrected chi connectivity index (χ3v) is 3.42. The van der Waals surface area contributed by atoms with Gasteiger partial charge in [-0.15, -0.1) is 0 Å². The lowest BCUT2D eigenvalue weighted by molar-refractivity contribution is 0.0480. The molecule has 0 unspecified atom stereocenters. The fourth-order valence-corrected chi connectivity index (χ4v) is 2.03. The third-order valence-electron chi connectivity index (χ3n) is 3.42. The molecule has 0 radical (unpaired) electrons. The highest BCUT2D eigenvalue weighted by Crippen LogP contribution is 2.20. The van der Waals surface area contributed by atoms with E-state index in [9.17, 15) is 14.7 Å². The maximum atomic E-state index is 11.9. The summed E-state index contributed by atoms with van der Waals surface area (Å²) in [4.78, 5) is 23.7. The van der Waals surface area contributed by atoms with Crippen molar-refractivity contribution in [3.8, 4) is 5.75 Å². The van der Waals surface area contributed by atoms with Crippen LogP contribution in [0.3, 0.4) is 0 Å². The largest absolute Gasteiger partial charge is 0.507 e. The van der Waals surface area contributed by atoms with E-state index in [0.29, 0.717) is 13.2 Å². The molecule has 0 aliphatic carbocycles. The van der Waals surface area contributed by atoms with Crippen LogP contribution >= 0.6 is 0 Å². The Labute approximate surface area is 137 Å². The lowest BCUT2D eigenvalue weighted by Gasteiger charge is -2.08. The zero-order valence-corrected chi connectivity index (χ0v) is 14.0. The zero-order chi connectivity index (χ0) is 17.1. The second-order valence-corrected chi connectivity index (χ2v) is 5.42. The summed E-state index contributed by atoms with van der Waals surface area (Å²) in [7, 11) is 0. The number of phenolic OH excluding ortho intramolecular Hbond substituents is 1. The van der Waals surface area contributed by atoms with Crippen LogP contribution in [0.5, 0.6) is 5.75 Å². The van der Waals surface area contributed by atoms with E-state index in [2.05, 4.69) is 13.8 Å². The minimum absolute atomic E-state index is 0.0593. The van der Waals surface area contributed by atoms with Crippen molar-refractivity contribution in [2.24, 2.45) is 0 Å². The monoisotopic (exact) mass is 322 g/mol. The van der Waals surface area contributed by atoms with Gasteiger partial charge in [-0.25, -0.2) is 9.59 Å². The lowest BCUT2D eigenvalue weighted by atomic mass is 10.1. The van der Waals surface area contributed by atoms with Crippen LogP contribution in [-0.2, 0) is 9.47 Å². The number of hydrogen-bond donors (Lipinski definition) is 1. The van der Waals surface area contributed by atoms with Crippen molar-refractivity contribution in [2.45, 2.75) is 52.4 Å². The maximum absolute atomic E-state index is 11.9. The number of esters is 2. The molecule has 1 rings (SSSR count). The van der Waals surface area contributed by atoms with Gasteiger partial charge in [0.05, 0.1) is 18.8 Å². The summed E-state index contributed by atoms with van der Waals surface area (Å²) in [6.07, 6.45) is 5.69. The SMILES string of the molecule is CCCCCOC(=O)c1ccc(C(=O)OCCCCC)c(O)c1. The quantitative estimate of drug-likeness (QED) is 0.519. The summed E-state index contributed by atoms with van der Waals surface area (Å²) in [5, 5.41) is 9.91. The van der Waals surface area contributed by atoms with Gasteiger partial charge in [-0.05, 0) is 31.0 Å². The van der Waals surface area contributed by atoms with Crippen molar-refractivity contribution in [2.75, 3.05) is 13.2 Å². The van der Waals surface area contributed by atoms with Crippen LogP contribution in [-0.4, -0.2) is 30.3 Å². The number of rotatable bonds is 10. The van der Waals surface area contributed by atoms with E-state index >= 15 is 0 Å². The molecular formula is C18H26O5. The van der Waals surface area contributed by atoms with E-state index in [1.54, 1.807) is 0 Å². The summed E-state index contributed by atoms with van der Waals surface area (Å²) >= 11 is 0. The molecule has 0 saturated carbocycles. The average Bonchev–Trinajstić information content (AvgIpc) is 2.55. The van der Waals surface area contributed by atoms with Gasteiger partial charge < -0.3 is 14.6 Å². The molecule has 1 aromatic rings. The minimum Gasteiger partial charge on any atom is -0.507 e. The second-order valence-electron chi connectivity index (χ2n) is 5.42. The molecule has 0 amide bonds. The van der Waals surface area contributed by atoms with E-state index in [0.717, 1.165) is 38.5 Å². The van der Waals surface area contributed by atoms with Gasteiger partial charge in [-0.2, -0.15) is 0 Å². The molecule has 1 N–H and O–H groups in total. The van der Waals surface area contributed by atoms with Crippen molar-refractivity contribution < 1.29 is 24.2 Å². The minimum atomic E-state index is -0.582. The number of carbonyl (C=O) groups excluding carboxylic acids is 2. The number of carbonyl (C=O) groups is 2. The average molecular weight is 322 g/mol. The first-order valence-electron chi connectivity index (χ1n) is 8.27. The lowest BCUT2D eigenvalue weighted by Crippen LogP contribution is -2.09. The Bertz CT molecular complexity index is 510. The predicted octanol–water partition coefficient (Wildman–Crippen LogP) is 4.09. The number of benzene rings is 1. The molecular weight excluding hydrogens is 296 g/mol. The van der Waals surface area contributed by atoms with Gasteiger partial charge in [0.2, 0.25) is 0 Å². The van der Waals surface area contributed by atoms with Crippen molar-refractivity contribution >= 4 is 11.9 Å².